The molecule has 0 fully saturated rings. The Bertz CT molecular complexity index is 442. The second-order valence-corrected chi connectivity index (χ2v) is 5.07. The van der Waals surface area contributed by atoms with Crippen LogP contribution in [-0.2, 0) is 11.2 Å². The van der Waals surface area contributed by atoms with Gasteiger partial charge in [0.2, 0.25) is 0 Å². The number of carboxylic acid groups (broad SMARTS) is 1. The van der Waals surface area contributed by atoms with Crippen molar-refractivity contribution in [1.82, 2.24) is 0 Å². The predicted molar refractivity (Wildman–Crippen MR) is 71.8 cm³/mol. The van der Waals surface area contributed by atoms with Crippen LogP contribution < -0.4 is 9.47 Å². The molecular weight excluding hydrogens is 244 g/mol. The molecule has 1 N–H and O–H groups in total. The van der Waals surface area contributed by atoms with Gasteiger partial charge in [-0.1, -0.05) is 13.0 Å². The van der Waals surface area contributed by atoms with Gasteiger partial charge in [0, 0.05) is 12.8 Å². The van der Waals surface area contributed by atoms with Crippen LogP contribution in [0.1, 0.15) is 31.7 Å². The minimum atomic E-state index is -0.730. The van der Waals surface area contributed by atoms with E-state index in [0.29, 0.717) is 13.2 Å². The summed E-state index contributed by atoms with van der Waals surface area (Å²) in [6.45, 7) is 3.35. The number of benzene rings is 1. The van der Waals surface area contributed by atoms with Crippen molar-refractivity contribution in [3.05, 3.63) is 23.8 Å². The molecule has 0 aliphatic carbocycles. The first-order valence-electron chi connectivity index (χ1n) is 6.75. The molecule has 0 aromatic heterocycles. The van der Waals surface area contributed by atoms with Crippen molar-refractivity contribution < 1.29 is 19.4 Å². The van der Waals surface area contributed by atoms with Crippen LogP contribution in [0.15, 0.2) is 18.2 Å². The molecule has 4 heteroatoms. The Morgan fingerprint density at radius 1 is 1.32 bits per heavy atom. The molecule has 1 aromatic carbocycles. The fraction of sp³-hybridized carbons (Fsp3) is 0.533. The molecule has 1 heterocycles. The normalized spacial score (nSPS) is 15.6. The lowest BCUT2D eigenvalue weighted by Gasteiger charge is -2.11. The minimum Gasteiger partial charge on any atom is -0.490 e. The van der Waals surface area contributed by atoms with Gasteiger partial charge in [0.1, 0.15) is 0 Å². The number of aliphatic carboxylic acids is 1. The highest BCUT2D eigenvalue weighted by atomic mass is 16.5. The highest BCUT2D eigenvalue weighted by Crippen LogP contribution is 2.31. The van der Waals surface area contributed by atoms with Gasteiger partial charge in [-0.3, -0.25) is 4.79 Å². The van der Waals surface area contributed by atoms with Crippen LogP contribution in [0, 0.1) is 5.92 Å². The van der Waals surface area contributed by atoms with Gasteiger partial charge in [-0.15, -0.1) is 0 Å². The Hall–Kier alpha value is -1.71. The Morgan fingerprint density at radius 3 is 2.79 bits per heavy atom. The zero-order valence-electron chi connectivity index (χ0n) is 11.2. The summed E-state index contributed by atoms with van der Waals surface area (Å²) in [7, 11) is 0. The second-order valence-electron chi connectivity index (χ2n) is 5.07. The van der Waals surface area contributed by atoms with Crippen molar-refractivity contribution >= 4 is 5.97 Å². The smallest absolute Gasteiger partial charge is 0.303 e. The first kappa shape index (κ1) is 13.7. The zero-order chi connectivity index (χ0) is 13.7. The lowest BCUT2D eigenvalue weighted by Crippen LogP contribution is -2.05. The minimum absolute atomic E-state index is 0.188. The zero-order valence-corrected chi connectivity index (χ0v) is 11.2. The van der Waals surface area contributed by atoms with E-state index in [1.165, 1.54) is 5.56 Å². The van der Waals surface area contributed by atoms with Crippen LogP contribution in [0.3, 0.4) is 0 Å². The third-order valence-corrected chi connectivity index (χ3v) is 3.26. The Kier molecular flexibility index (Phi) is 4.66. The van der Waals surface area contributed by atoms with E-state index in [4.69, 9.17) is 14.6 Å². The Labute approximate surface area is 113 Å². The fourth-order valence-electron chi connectivity index (χ4n) is 2.18. The van der Waals surface area contributed by atoms with Crippen LogP contribution in [0.4, 0.5) is 0 Å². The highest BCUT2D eigenvalue weighted by molar-refractivity contribution is 5.66. The fourth-order valence-corrected chi connectivity index (χ4v) is 2.18. The van der Waals surface area contributed by atoms with Crippen molar-refractivity contribution in [1.29, 1.82) is 0 Å². The van der Waals surface area contributed by atoms with Crippen LogP contribution >= 0.6 is 0 Å². The number of hydrogen-bond acceptors (Lipinski definition) is 3. The van der Waals surface area contributed by atoms with Gasteiger partial charge >= 0.3 is 5.97 Å². The summed E-state index contributed by atoms with van der Waals surface area (Å²) in [5, 5.41) is 8.73. The van der Waals surface area contributed by atoms with Crippen molar-refractivity contribution in [2.24, 2.45) is 5.92 Å². The maximum Gasteiger partial charge on any atom is 0.303 e. The van der Waals surface area contributed by atoms with Crippen molar-refractivity contribution in [2.45, 2.75) is 32.6 Å². The molecule has 2 rings (SSSR count). The number of hydrogen-bond donors (Lipinski definition) is 1. The molecule has 0 spiro atoms. The summed E-state index contributed by atoms with van der Waals surface area (Å²) in [6.07, 6.45) is 2.86. The summed E-state index contributed by atoms with van der Waals surface area (Å²) in [5.74, 6) is 1.07. The molecule has 4 nitrogen and oxygen atoms in total. The van der Waals surface area contributed by atoms with Gasteiger partial charge < -0.3 is 14.6 Å². The average Bonchev–Trinajstić information content (AvgIpc) is 2.60. The van der Waals surface area contributed by atoms with E-state index in [2.05, 4.69) is 0 Å². The molecule has 1 aliphatic rings. The maximum absolute atomic E-state index is 10.6. The van der Waals surface area contributed by atoms with Crippen LogP contribution in [0.25, 0.3) is 0 Å². The molecular formula is C15H20O4. The standard InChI is InChI=1S/C15H20O4/c1-11(9-15(16)17)3-4-12-5-6-13-14(10-12)19-8-2-7-18-13/h5-6,10-11H,2-4,7-9H2,1H3,(H,16,17). The molecule has 19 heavy (non-hydrogen) atoms. The van der Waals surface area contributed by atoms with Crippen LogP contribution in [0.2, 0.25) is 0 Å². The first-order valence-corrected chi connectivity index (χ1v) is 6.75. The molecule has 0 amide bonds. The largest absolute Gasteiger partial charge is 0.490 e. The Balaban J connectivity index is 1.94. The van der Waals surface area contributed by atoms with Crippen molar-refractivity contribution in [3.63, 3.8) is 0 Å². The quantitative estimate of drug-likeness (QED) is 0.888. The monoisotopic (exact) mass is 264 g/mol. The highest BCUT2D eigenvalue weighted by Gasteiger charge is 2.12. The molecule has 1 atom stereocenters. The molecule has 104 valence electrons. The van der Waals surface area contributed by atoms with Crippen LogP contribution in [0.5, 0.6) is 11.5 Å². The van der Waals surface area contributed by atoms with Gasteiger partial charge in [-0.2, -0.15) is 0 Å². The van der Waals surface area contributed by atoms with Gasteiger partial charge in [-0.05, 0) is 36.5 Å². The summed E-state index contributed by atoms with van der Waals surface area (Å²) in [5.41, 5.74) is 1.17. The number of ether oxygens (including phenoxy) is 2. The van der Waals surface area contributed by atoms with E-state index >= 15 is 0 Å². The summed E-state index contributed by atoms with van der Waals surface area (Å²) in [6, 6.07) is 5.98. The van der Waals surface area contributed by atoms with E-state index in [1.807, 2.05) is 25.1 Å². The predicted octanol–water partition coefficient (Wildman–Crippen LogP) is 2.89. The molecule has 1 aromatic rings. The van der Waals surface area contributed by atoms with Crippen LogP contribution in [-0.4, -0.2) is 24.3 Å². The summed E-state index contributed by atoms with van der Waals surface area (Å²) >= 11 is 0. The van der Waals surface area contributed by atoms with E-state index in [0.717, 1.165) is 30.8 Å². The second kappa shape index (κ2) is 6.45. The molecule has 0 bridgehead atoms. The molecule has 0 saturated heterocycles. The van der Waals surface area contributed by atoms with E-state index < -0.39 is 5.97 Å². The average molecular weight is 264 g/mol. The first-order chi connectivity index (χ1) is 9.15. The van der Waals surface area contributed by atoms with Crippen molar-refractivity contribution in [2.75, 3.05) is 13.2 Å². The van der Waals surface area contributed by atoms with E-state index in [9.17, 15) is 4.79 Å². The molecule has 0 radical (unpaired) electrons. The third kappa shape index (κ3) is 4.16. The molecule has 1 aliphatic heterocycles. The number of aryl methyl sites for hydroxylation is 1. The van der Waals surface area contributed by atoms with Gasteiger partial charge in [0.15, 0.2) is 11.5 Å². The van der Waals surface area contributed by atoms with Crippen molar-refractivity contribution in [3.8, 4) is 11.5 Å². The number of fused-ring (bicyclic) bond motifs is 1. The molecule has 1 unspecified atom stereocenters. The number of carboxylic acids is 1. The Morgan fingerprint density at radius 2 is 2.05 bits per heavy atom. The third-order valence-electron chi connectivity index (χ3n) is 3.26. The SMILES string of the molecule is CC(CCc1ccc2c(c1)OCCCO2)CC(=O)O. The van der Waals surface area contributed by atoms with Gasteiger partial charge in [0.25, 0.3) is 0 Å². The van der Waals surface area contributed by atoms with E-state index in [-0.39, 0.29) is 12.3 Å². The lowest BCUT2D eigenvalue weighted by molar-refractivity contribution is -0.138. The molecule has 0 saturated carbocycles. The van der Waals surface area contributed by atoms with E-state index in [1.54, 1.807) is 0 Å². The topological polar surface area (TPSA) is 55.8 Å². The summed E-state index contributed by atoms with van der Waals surface area (Å²) in [4.78, 5) is 10.6. The summed E-state index contributed by atoms with van der Waals surface area (Å²) < 4.78 is 11.2. The maximum atomic E-state index is 10.6. The number of carbonyl (C=O) groups is 1. The number of rotatable bonds is 5. The van der Waals surface area contributed by atoms with Gasteiger partial charge in [0.05, 0.1) is 13.2 Å². The van der Waals surface area contributed by atoms with Gasteiger partial charge in [-0.25, -0.2) is 0 Å². The lowest BCUT2D eigenvalue weighted by atomic mass is 9.98.